The van der Waals surface area contributed by atoms with E-state index in [0.717, 1.165) is 25.7 Å². The molecule has 1 unspecified atom stereocenters. The average molecular weight is 564 g/mol. The number of rotatable bonds is 7. The van der Waals surface area contributed by atoms with E-state index in [1.54, 1.807) is 46.1 Å². The van der Waals surface area contributed by atoms with E-state index in [1.807, 2.05) is 0 Å². The Morgan fingerprint density at radius 3 is 2.70 bits per heavy atom. The van der Waals surface area contributed by atoms with Gasteiger partial charge in [0.2, 0.25) is 11.8 Å². The van der Waals surface area contributed by atoms with Gasteiger partial charge >= 0.3 is 0 Å². The Bertz CT molecular complexity index is 1400. The summed E-state index contributed by atoms with van der Waals surface area (Å²) in [6, 6.07) is 8.35. The molecule has 3 aromatic heterocycles. The van der Waals surface area contributed by atoms with Crippen LogP contribution in [-0.4, -0.2) is 62.1 Å². The first kappa shape index (κ1) is 27.5. The predicted molar refractivity (Wildman–Crippen MR) is 150 cm³/mol. The third kappa shape index (κ3) is 6.21. The van der Waals surface area contributed by atoms with Crippen LogP contribution in [0.1, 0.15) is 48.8 Å². The van der Waals surface area contributed by atoms with Crippen molar-refractivity contribution in [1.82, 2.24) is 24.6 Å². The lowest BCUT2D eigenvalue weighted by Crippen LogP contribution is -2.43. The number of nitrogens with zero attached hydrogens (tertiary/aromatic N) is 5. The number of aromatic nitrogens is 4. The van der Waals surface area contributed by atoms with E-state index in [9.17, 15) is 14.4 Å². The molecule has 2 aliphatic heterocycles. The van der Waals surface area contributed by atoms with Crippen molar-refractivity contribution >= 4 is 40.8 Å². The molecule has 0 bridgehead atoms. The molecule has 2 aliphatic rings. The van der Waals surface area contributed by atoms with Crippen LogP contribution < -0.4 is 10.6 Å². The van der Waals surface area contributed by atoms with Gasteiger partial charge in [-0.2, -0.15) is 5.10 Å². The summed E-state index contributed by atoms with van der Waals surface area (Å²) in [5.41, 5.74) is 1.77. The Kier molecular flexibility index (Phi) is 8.51. The highest BCUT2D eigenvalue weighted by molar-refractivity contribution is 6.33. The molecule has 0 aliphatic carbocycles. The van der Waals surface area contributed by atoms with E-state index in [2.05, 4.69) is 32.3 Å². The summed E-state index contributed by atoms with van der Waals surface area (Å²) in [7, 11) is 0. The lowest BCUT2D eigenvalue weighted by atomic mass is 9.97. The number of anilines is 2. The number of ether oxygens (including phenoxy) is 1. The maximum Gasteiger partial charge on any atom is 0.275 e. The molecule has 0 radical (unpaired) electrons. The lowest BCUT2D eigenvalue weighted by Gasteiger charge is -2.31. The van der Waals surface area contributed by atoms with Gasteiger partial charge in [0.25, 0.3) is 5.91 Å². The number of amides is 3. The number of hydrogen-bond acceptors (Lipinski definition) is 7. The van der Waals surface area contributed by atoms with Gasteiger partial charge in [-0.25, -0.2) is 14.6 Å². The van der Waals surface area contributed by atoms with Gasteiger partial charge in [0.15, 0.2) is 6.23 Å². The number of piperidine rings is 1. The van der Waals surface area contributed by atoms with E-state index in [0.29, 0.717) is 54.0 Å². The van der Waals surface area contributed by atoms with Gasteiger partial charge in [-0.1, -0.05) is 24.2 Å². The molecule has 3 aromatic rings. The van der Waals surface area contributed by atoms with Gasteiger partial charge in [0.05, 0.1) is 34.7 Å². The summed E-state index contributed by atoms with van der Waals surface area (Å²) in [5, 5.41) is 10.4. The van der Waals surface area contributed by atoms with Gasteiger partial charge < -0.3 is 20.3 Å². The largest absolute Gasteiger partial charge is 0.356 e. The van der Waals surface area contributed by atoms with E-state index in [1.165, 1.54) is 12.3 Å². The molecule has 2 atom stereocenters. The molecule has 0 aromatic carbocycles. The number of likely N-dealkylation sites (tertiary alicyclic amines) is 1. The summed E-state index contributed by atoms with van der Waals surface area (Å²) in [6.45, 7) is 5.14. The van der Waals surface area contributed by atoms with Crippen molar-refractivity contribution in [3.05, 3.63) is 66.1 Å². The van der Waals surface area contributed by atoms with Crippen LogP contribution in [0.25, 0.3) is 11.4 Å². The van der Waals surface area contributed by atoms with Crippen molar-refractivity contribution in [2.24, 2.45) is 5.92 Å². The molecule has 3 amide bonds. The fourth-order valence-corrected chi connectivity index (χ4v) is 5.12. The second-order valence-electron chi connectivity index (χ2n) is 9.72. The van der Waals surface area contributed by atoms with Crippen molar-refractivity contribution in [1.29, 1.82) is 0 Å². The van der Waals surface area contributed by atoms with Gasteiger partial charge in [-0.15, -0.1) is 0 Å². The third-order valence-electron chi connectivity index (χ3n) is 6.95. The molecular formula is C28H30ClN7O4. The first-order valence-electron chi connectivity index (χ1n) is 13.2. The van der Waals surface area contributed by atoms with Crippen LogP contribution in [0.5, 0.6) is 0 Å². The average Bonchev–Trinajstić information content (AvgIpc) is 3.39. The molecular weight excluding hydrogens is 534 g/mol. The zero-order valence-electron chi connectivity index (χ0n) is 21.9. The highest BCUT2D eigenvalue weighted by atomic mass is 35.5. The summed E-state index contributed by atoms with van der Waals surface area (Å²) >= 11 is 6.45. The summed E-state index contributed by atoms with van der Waals surface area (Å²) in [4.78, 5) is 48.1. The monoisotopic (exact) mass is 563 g/mol. The molecule has 5 heterocycles. The molecule has 12 heteroatoms. The fraction of sp³-hybridized carbons (Fsp3) is 0.357. The van der Waals surface area contributed by atoms with E-state index >= 15 is 0 Å². The second kappa shape index (κ2) is 12.4. The maximum atomic E-state index is 13.0. The number of nitrogens with one attached hydrogen (secondary N) is 2. The Morgan fingerprint density at radius 1 is 1.07 bits per heavy atom. The SMILES string of the molecule is C=CC(=O)N1CCC[C@H](C(=O)Nc2ccc(NC(=O)c3cccc(-c4c(Cl)cnn4C4CCCCO4)n3)nc2)C1. The Hall–Kier alpha value is -4.09. The Morgan fingerprint density at radius 2 is 1.95 bits per heavy atom. The van der Waals surface area contributed by atoms with Gasteiger partial charge in [0.1, 0.15) is 17.2 Å². The molecule has 40 heavy (non-hydrogen) atoms. The predicted octanol–water partition coefficient (Wildman–Crippen LogP) is 4.31. The molecule has 0 saturated carbocycles. The minimum atomic E-state index is -0.448. The van der Waals surface area contributed by atoms with Crippen LogP contribution in [0, 0.1) is 5.92 Å². The number of carbonyl (C=O) groups is 3. The third-order valence-corrected chi connectivity index (χ3v) is 7.23. The van der Waals surface area contributed by atoms with Crippen LogP contribution in [-0.2, 0) is 14.3 Å². The first-order chi connectivity index (χ1) is 19.4. The van der Waals surface area contributed by atoms with Crippen LogP contribution in [0.4, 0.5) is 11.5 Å². The first-order valence-corrected chi connectivity index (χ1v) is 13.6. The molecule has 5 rings (SSSR count). The number of halogens is 1. The van der Waals surface area contributed by atoms with Crippen molar-refractivity contribution in [3.8, 4) is 11.4 Å². The normalized spacial score (nSPS) is 19.1. The number of carbonyl (C=O) groups excluding carboxylic acids is 3. The molecule has 0 spiro atoms. The maximum absolute atomic E-state index is 13.0. The van der Waals surface area contributed by atoms with Crippen molar-refractivity contribution in [2.45, 2.75) is 38.3 Å². The molecule has 11 nitrogen and oxygen atoms in total. The van der Waals surface area contributed by atoms with Gasteiger partial charge in [-0.3, -0.25) is 14.4 Å². The molecule has 2 saturated heterocycles. The summed E-state index contributed by atoms with van der Waals surface area (Å²) < 4.78 is 7.59. The van der Waals surface area contributed by atoms with Crippen molar-refractivity contribution < 1.29 is 19.1 Å². The summed E-state index contributed by atoms with van der Waals surface area (Å²) in [6.07, 6.45) is 8.36. The zero-order chi connectivity index (χ0) is 28.1. The highest BCUT2D eigenvalue weighted by Gasteiger charge is 2.28. The highest BCUT2D eigenvalue weighted by Crippen LogP contribution is 2.32. The van der Waals surface area contributed by atoms with Crippen molar-refractivity contribution in [2.75, 3.05) is 30.3 Å². The minimum absolute atomic E-state index is 0.175. The smallest absolute Gasteiger partial charge is 0.275 e. The number of pyridine rings is 2. The van der Waals surface area contributed by atoms with E-state index in [-0.39, 0.29) is 29.7 Å². The topological polar surface area (TPSA) is 131 Å². The van der Waals surface area contributed by atoms with Gasteiger partial charge in [0, 0.05) is 19.7 Å². The van der Waals surface area contributed by atoms with Crippen LogP contribution >= 0.6 is 11.6 Å². The number of hydrogen-bond donors (Lipinski definition) is 2. The van der Waals surface area contributed by atoms with Crippen LogP contribution in [0.3, 0.4) is 0 Å². The quantitative estimate of drug-likeness (QED) is 0.409. The Labute approximate surface area is 236 Å². The standard InChI is InChI=1S/C28H30ClN7O4/c1-2-24(37)35-13-6-7-18(17-35)27(38)32-19-11-12-23(30-15-19)34-28(39)22-9-5-8-21(33-22)26-20(29)16-31-36(26)25-10-3-4-14-40-25/h2,5,8-9,11-12,15-16,18,25H,1,3-4,6-7,10,13-14,17H2,(H,32,38)(H,30,34,39)/t18-,25?/m0/s1. The summed E-state index contributed by atoms with van der Waals surface area (Å²) in [5.74, 6) is -0.820. The second-order valence-corrected chi connectivity index (χ2v) is 10.1. The van der Waals surface area contributed by atoms with E-state index in [4.69, 9.17) is 16.3 Å². The van der Waals surface area contributed by atoms with Crippen molar-refractivity contribution in [3.63, 3.8) is 0 Å². The molecule has 2 N–H and O–H groups in total. The Balaban J connectivity index is 1.22. The van der Waals surface area contributed by atoms with Crippen LogP contribution in [0.2, 0.25) is 5.02 Å². The lowest BCUT2D eigenvalue weighted by molar-refractivity contribution is -0.130. The fourth-order valence-electron chi connectivity index (χ4n) is 4.90. The zero-order valence-corrected chi connectivity index (χ0v) is 22.6. The molecule has 208 valence electrons. The minimum Gasteiger partial charge on any atom is -0.356 e. The molecule has 2 fully saturated rings. The van der Waals surface area contributed by atoms with Crippen LogP contribution in [0.15, 0.2) is 55.4 Å². The van der Waals surface area contributed by atoms with E-state index < -0.39 is 5.91 Å². The van der Waals surface area contributed by atoms with Gasteiger partial charge in [-0.05, 0) is 62.4 Å².